The average molecular weight is 330 g/mol. The maximum atomic E-state index is 3.10. The lowest BCUT2D eigenvalue weighted by atomic mass is 10.2. The van der Waals surface area contributed by atoms with Crippen molar-refractivity contribution in [3.05, 3.63) is 11.3 Å². The average Bonchev–Trinajstić information content (AvgIpc) is 2.12. The molecule has 0 aromatic rings. The summed E-state index contributed by atoms with van der Waals surface area (Å²) in [5, 5.41) is 0.871. The van der Waals surface area contributed by atoms with Crippen molar-refractivity contribution in [1.82, 2.24) is 3.90 Å². The molecule has 0 aliphatic rings. The molecule has 0 radical (unpaired) electrons. The van der Waals surface area contributed by atoms with Crippen molar-refractivity contribution in [2.75, 3.05) is 0 Å². The van der Waals surface area contributed by atoms with E-state index in [4.69, 9.17) is 0 Å². The first-order valence-corrected chi connectivity index (χ1v) is 15.3. The molecule has 0 rings (SSSR count). The van der Waals surface area contributed by atoms with Gasteiger partial charge in [-0.15, -0.1) is 0 Å². The van der Waals surface area contributed by atoms with Gasteiger partial charge in [0.2, 0.25) is 0 Å². The van der Waals surface area contributed by atoms with Crippen molar-refractivity contribution in [1.29, 1.82) is 0 Å². The summed E-state index contributed by atoms with van der Waals surface area (Å²) >= 11 is 0. The monoisotopic (exact) mass is 329 g/mol. The zero-order valence-corrected chi connectivity index (χ0v) is 19.6. The molecule has 0 atom stereocenters. The molecule has 0 fully saturated rings. The van der Waals surface area contributed by atoms with Gasteiger partial charge in [0.1, 0.15) is 26.2 Å². The van der Waals surface area contributed by atoms with Crippen LogP contribution in [0.2, 0.25) is 36.3 Å². The van der Waals surface area contributed by atoms with Crippen LogP contribution in [-0.4, -0.2) is 30.0 Å². The smallest absolute Gasteiger partial charge is 0.114 e. The second-order valence-electron chi connectivity index (χ2n) is 9.51. The molecule has 120 valence electrons. The Kier molecular flexibility index (Phi) is 6.34. The van der Waals surface area contributed by atoms with Crippen LogP contribution in [0.4, 0.5) is 0 Å². The van der Waals surface area contributed by atoms with Gasteiger partial charge in [-0.1, -0.05) is 79.0 Å². The highest BCUT2D eigenvalue weighted by molar-refractivity contribution is 6.99. The Bertz CT molecular complexity index is 327. The molecule has 0 N–H and O–H groups in total. The molecule has 1 nitrogen and oxygen atoms in total. The minimum atomic E-state index is -1.43. The maximum absolute atomic E-state index is 3.10. The summed E-state index contributed by atoms with van der Waals surface area (Å²) < 4.78 is 3.10. The Morgan fingerprint density at radius 3 is 1.30 bits per heavy atom. The summed E-state index contributed by atoms with van der Waals surface area (Å²) in [6.45, 7) is 29.6. The summed E-state index contributed by atoms with van der Waals surface area (Å²) in [5.74, 6) is 0. The third kappa shape index (κ3) is 4.42. The van der Waals surface area contributed by atoms with E-state index in [-0.39, 0.29) is 9.68 Å². The number of hydrogen-bond donors (Lipinski definition) is 0. The van der Waals surface area contributed by atoms with Gasteiger partial charge in [0.25, 0.3) is 0 Å². The number of nitrogens with zero attached hydrogens (tertiary/aromatic N) is 1. The van der Waals surface area contributed by atoms with Crippen LogP contribution in [0.1, 0.15) is 55.4 Å². The lowest BCUT2D eigenvalue weighted by molar-refractivity contribution is 0.630. The Morgan fingerprint density at radius 2 is 1.10 bits per heavy atom. The summed E-state index contributed by atoms with van der Waals surface area (Å²) in [4.78, 5) is 0. The number of hydrogen-bond acceptors (Lipinski definition) is 1. The van der Waals surface area contributed by atoms with Gasteiger partial charge in [-0.3, -0.25) is 0 Å². The fourth-order valence-electron chi connectivity index (χ4n) is 2.24. The van der Waals surface area contributed by atoms with Crippen LogP contribution in [0.5, 0.6) is 0 Å². The third-order valence-electron chi connectivity index (χ3n) is 5.70. The zero-order chi connectivity index (χ0) is 16.6. The first-order valence-electron chi connectivity index (χ1n) is 7.96. The molecule has 0 heterocycles. The number of allylic oxidation sites excluding steroid dienone is 1. The van der Waals surface area contributed by atoms with E-state index in [2.05, 4.69) is 91.2 Å². The van der Waals surface area contributed by atoms with Crippen LogP contribution in [0.15, 0.2) is 11.3 Å². The van der Waals surface area contributed by atoms with E-state index >= 15 is 0 Å². The molecule has 0 aromatic heterocycles. The van der Waals surface area contributed by atoms with Gasteiger partial charge < -0.3 is 3.90 Å². The van der Waals surface area contributed by atoms with Crippen LogP contribution in [0, 0.1) is 0 Å². The zero-order valence-electron chi connectivity index (χ0n) is 16.2. The quantitative estimate of drug-likeness (QED) is 0.632. The van der Waals surface area contributed by atoms with E-state index in [1.807, 2.05) is 0 Å². The minimum Gasteiger partial charge on any atom is -0.369 e. The fourth-order valence-corrected chi connectivity index (χ4v) is 19.1. The molecule has 0 aliphatic carbocycles. The van der Waals surface area contributed by atoms with Crippen LogP contribution in [0.3, 0.4) is 0 Å². The Labute approximate surface area is 133 Å². The molecule has 20 heavy (non-hydrogen) atoms. The Morgan fingerprint density at radius 1 is 0.800 bits per heavy atom. The van der Waals surface area contributed by atoms with E-state index in [0.29, 0.717) is 10.1 Å². The van der Waals surface area contributed by atoms with E-state index in [1.165, 1.54) is 5.57 Å². The third-order valence-corrected chi connectivity index (χ3v) is 26.3. The first kappa shape index (κ1) is 20.4. The van der Waals surface area contributed by atoms with Crippen molar-refractivity contribution in [3.8, 4) is 0 Å². The van der Waals surface area contributed by atoms with Crippen LogP contribution >= 0.6 is 0 Å². The van der Waals surface area contributed by atoms with Gasteiger partial charge in [0, 0.05) is 0 Å². The van der Waals surface area contributed by atoms with Crippen molar-refractivity contribution >= 4 is 26.2 Å². The highest BCUT2D eigenvalue weighted by Gasteiger charge is 2.50. The topological polar surface area (TPSA) is 3.24 Å². The maximum Gasteiger partial charge on any atom is 0.114 e. The standard InChI is InChI=1S/C16H39NSi3/c1-14(2)13-18-17(19(9,10)15(3,4)5)20(11,12)16(6,7)8/h13H,18H2,1-12H3. The molecular formula is C16H39NSi3. The van der Waals surface area contributed by atoms with Crippen molar-refractivity contribution in [2.45, 2.75) is 91.7 Å². The van der Waals surface area contributed by atoms with Gasteiger partial charge >= 0.3 is 0 Å². The molecule has 0 amide bonds. The molecule has 0 bridgehead atoms. The van der Waals surface area contributed by atoms with Gasteiger partial charge in [-0.05, 0) is 23.9 Å². The summed E-state index contributed by atoms with van der Waals surface area (Å²) in [6, 6.07) is 0. The number of rotatable bonds is 4. The highest BCUT2D eigenvalue weighted by atomic mass is 28.5. The summed E-state index contributed by atoms with van der Waals surface area (Å²) in [5.41, 5.74) is 4.07. The summed E-state index contributed by atoms with van der Waals surface area (Å²) in [7, 11) is -3.16. The Hall–Kier alpha value is 0.351. The Balaban J connectivity index is 5.81. The molecule has 0 saturated carbocycles. The van der Waals surface area contributed by atoms with Gasteiger partial charge in [0.15, 0.2) is 0 Å². The minimum absolute atomic E-state index is 0.295. The molecule has 0 spiro atoms. The normalized spacial score (nSPS) is 15.2. The van der Waals surface area contributed by atoms with Crippen molar-refractivity contribution in [2.24, 2.45) is 0 Å². The van der Waals surface area contributed by atoms with E-state index in [0.717, 1.165) is 0 Å². The van der Waals surface area contributed by atoms with Gasteiger partial charge in [0.05, 0.1) is 0 Å². The summed E-state index contributed by atoms with van der Waals surface area (Å²) in [6.07, 6.45) is 0. The lowest BCUT2D eigenvalue weighted by Crippen LogP contribution is -2.69. The van der Waals surface area contributed by atoms with Crippen LogP contribution in [-0.2, 0) is 0 Å². The lowest BCUT2D eigenvalue weighted by Gasteiger charge is -2.57. The van der Waals surface area contributed by atoms with Crippen LogP contribution in [0.25, 0.3) is 0 Å². The molecule has 0 saturated heterocycles. The first-order chi connectivity index (χ1) is 8.55. The largest absolute Gasteiger partial charge is 0.369 e. The highest BCUT2D eigenvalue weighted by Crippen LogP contribution is 2.46. The molecule has 0 aromatic carbocycles. The van der Waals surface area contributed by atoms with Crippen molar-refractivity contribution < 1.29 is 0 Å². The van der Waals surface area contributed by atoms with E-state index < -0.39 is 16.5 Å². The fraction of sp³-hybridized carbons (Fsp3) is 0.875. The molecule has 4 heteroatoms. The van der Waals surface area contributed by atoms with Crippen LogP contribution < -0.4 is 0 Å². The van der Waals surface area contributed by atoms with Gasteiger partial charge in [-0.2, -0.15) is 0 Å². The van der Waals surface area contributed by atoms with E-state index in [9.17, 15) is 0 Å². The molecule has 0 unspecified atom stereocenters. The second-order valence-corrected chi connectivity index (χ2v) is 22.9. The second kappa shape index (κ2) is 6.23. The van der Waals surface area contributed by atoms with Crippen molar-refractivity contribution in [3.63, 3.8) is 0 Å². The molecular weight excluding hydrogens is 290 g/mol. The molecule has 0 aliphatic heterocycles. The predicted molar refractivity (Wildman–Crippen MR) is 104 cm³/mol. The predicted octanol–water partition coefficient (Wildman–Crippen LogP) is 5.31. The van der Waals surface area contributed by atoms with Gasteiger partial charge in [-0.25, -0.2) is 0 Å². The SMILES string of the molecule is CC(C)=C[SiH2]N([Si](C)(C)C(C)(C)C)[Si](C)(C)C(C)(C)C. The van der Waals surface area contributed by atoms with E-state index in [1.54, 1.807) is 0 Å².